The molecule has 1 heterocycles. The summed E-state index contributed by atoms with van der Waals surface area (Å²) in [6.45, 7) is 0. The number of nitrogens with zero attached hydrogens (tertiary/aromatic N) is 1. The Balaban J connectivity index is 2.59. The fourth-order valence-corrected chi connectivity index (χ4v) is 0.917. The van der Waals surface area contributed by atoms with E-state index in [0.29, 0.717) is 12.2 Å². The molecule has 1 rings (SSSR count). The van der Waals surface area contributed by atoms with Crippen molar-refractivity contribution in [3.63, 3.8) is 0 Å². The molecule has 0 atom stereocenters. The Hall–Kier alpha value is -0.700. The van der Waals surface area contributed by atoms with Gasteiger partial charge in [-0.2, -0.15) is 12.6 Å². The average Bonchev–Trinajstić information content (AvgIpc) is 2.38. The van der Waals surface area contributed by atoms with Crippen LogP contribution in [0.1, 0.15) is 11.2 Å². The minimum Gasteiger partial charge on any atom is -0.295 e. The van der Waals surface area contributed by atoms with Crippen molar-refractivity contribution in [3.8, 4) is 0 Å². The fourth-order valence-electron chi connectivity index (χ4n) is 0.726. The zero-order chi connectivity index (χ0) is 7.40. The van der Waals surface area contributed by atoms with E-state index in [9.17, 15) is 4.79 Å². The van der Waals surface area contributed by atoms with Gasteiger partial charge in [0.15, 0.2) is 0 Å². The Bertz CT molecular complexity index is 205. The van der Waals surface area contributed by atoms with Gasteiger partial charge in [-0.1, -0.05) is 0 Å². The van der Waals surface area contributed by atoms with Crippen LogP contribution in [0.15, 0.2) is 24.5 Å². The van der Waals surface area contributed by atoms with Gasteiger partial charge in [-0.3, -0.25) is 9.36 Å². The summed E-state index contributed by atoms with van der Waals surface area (Å²) in [5.41, 5.74) is 0. The molecule has 0 aliphatic heterocycles. The summed E-state index contributed by atoms with van der Waals surface area (Å²) in [6.07, 6.45) is 3.98. The van der Waals surface area contributed by atoms with Crippen LogP contribution in [-0.2, 0) is 0 Å². The first-order chi connectivity index (χ1) is 4.84. The number of hydrogen-bond acceptors (Lipinski definition) is 2. The van der Waals surface area contributed by atoms with E-state index in [2.05, 4.69) is 12.6 Å². The zero-order valence-corrected chi connectivity index (χ0v) is 6.42. The van der Waals surface area contributed by atoms with E-state index in [1.165, 1.54) is 0 Å². The van der Waals surface area contributed by atoms with E-state index in [-0.39, 0.29) is 5.91 Å². The molecule has 1 aromatic rings. The van der Waals surface area contributed by atoms with Crippen molar-refractivity contribution in [1.29, 1.82) is 0 Å². The highest BCUT2D eigenvalue weighted by Crippen LogP contribution is 1.94. The van der Waals surface area contributed by atoms with Crippen molar-refractivity contribution in [2.24, 2.45) is 0 Å². The molecule has 0 fully saturated rings. The van der Waals surface area contributed by atoms with Crippen LogP contribution in [0.2, 0.25) is 0 Å². The lowest BCUT2D eigenvalue weighted by molar-refractivity contribution is 0.0911. The molecule has 0 N–H and O–H groups in total. The Morgan fingerprint density at radius 3 is 2.50 bits per heavy atom. The quantitative estimate of drug-likeness (QED) is 0.641. The number of thiol groups is 1. The second-order valence-electron chi connectivity index (χ2n) is 1.96. The van der Waals surface area contributed by atoms with Gasteiger partial charge in [0, 0.05) is 18.8 Å². The topological polar surface area (TPSA) is 22.0 Å². The lowest BCUT2D eigenvalue weighted by Gasteiger charge is -1.96. The average molecular weight is 155 g/mol. The lowest BCUT2D eigenvalue weighted by Crippen LogP contribution is -2.07. The summed E-state index contributed by atoms with van der Waals surface area (Å²) in [6, 6.07) is 3.66. The Morgan fingerprint density at radius 2 is 2.00 bits per heavy atom. The van der Waals surface area contributed by atoms with Crippen molar-refractivity contribution < 1.29 is 4.79 Å². The third kappa shape index (κ3) is 1.64. The third-order valence-corrected chi connectivity index (χ3v) is 1.44. The van der Waals surface area contributed by atoms with Crippen LogP contribution >= 0.6 is 12.6 Å². The number of aromatic nitrogens is 1. The molecule has 0 amide bonds. The molecule has 1 aromatic heterocycles. The van der Waals surface area contributed by atoms with Gasteiger partial charge in [-0.15, -0.1) is 0 Å². The van der Waals surface area contributed by atoms with Gasteiger partial charge in [0.2, 0.25) is 5.91 Å². The summed E-state index contributed by atoms with van der Waals surface area (Å²) in [5.74, 6) is 0.705. The molecule has 0 saturated heterocycles. The van der Waals surface area contributed by atoms with Crippen molar-refractivity contribution in [3.05, 3.63) is 24.5 Å². The summed E-state index contributed by atoms with van der Waals surface area (Å²) in [7, 11) is 0. The largest absolute Gasteiger partial charge is 0.295 e. The smallest absolute Gasteiger partial charge is 0.231 e. The highest BCUT2D eigenvalue weighted by Gasteiger charge is 1.99. The molecule has 0 spiro atoms. The highest BCUT2D eigenvalue weighted by molar-refractivity contribution is 7.80. The minimum atomic E-state index is 0.0972. The molecule has 0 saturated carbocycles. The summed E-state index contributed by atoms with van der Waals surface area (Å²) < 4.78 is 1.57. The monoisotopic (exact) mass is 155 g/mol. The first-order valence-electron chi connectivity index (χ1n) is 3.11. The van der Waals surface area contributed by atoms with Crippen LogP contribution in [0.3, 0.4) is 0 Å². The van der Waals surface area contributed by atoms with Crippen LogP contribution in [0.4, 0.5) is 0 Å². The number of carbonyl (C=O) groups is 1. The first kappa shape index (κ1) is 7.41. The Morgan fingerprint density at radius 1 is 1.40 bits per heavy atom. The van der Waals surface area contributed by atoms with E-state index >= 15 is 0 Å². The van der Waals surface area contributed by atoms with Crippen LogP contribution in [0, 0.1) is 0 Å². The molecule has 54 valence electrons. The normalized spacial score (nSPS) is 9.70. The maximum absolute atomic E-state index is 11.0. The molecular weight excluding hydrogens is 146 g/mol. The molecule has 2 nitrogen and oxygen atoms in total. The number of carbonyl (C=O) groups excluding carboxylic acids is 1. The third-order valence-electron chi connectivity index (χ3n) is 1.22. The second kappa shape index (κ2) is 3.46. The molecule has 0 radical (unpaired) electrons. The maximum atomic E-state index is 11.0. The van der Waals surface area contributed by atoms with Gasteiger partial charge in [0.1, 0.15) is 0 Å². The molecule has 0 aromatic carbocycles. The standard InChI is InChI=1S/C7H9NOS/c9-7(3-6-10)8-4-1-2-5-8/h1-2,4-5,10H,3,6H2. The van der Waals surface area contributed by atoms with Crippen molar-refractivity contribution >= 4 is 18.5 Å². The van der Waals surface area contributed by atoms with E-state index in [1.807, 2.05) is 12.1 Å². The predicted molar refractivity (Wildman–Crippen MR) is 43.5 cm³/mol. The SMILES string of the molecule is O=C(CCS)n1cccc1. The number of rotatable bonds is 2. The minimum absolute atomic E-state index is 0.0972. The van der Waals surface area contributed by atoms with Gasteiger partial charge < -0.3 is 0 Å². The van der Waals surface area contributed by atoms with E-state index < -0.39 is 0 Å². The molecule has 0 aliphatic rings. The molecular formula is C7H9NOS. The summed E-state index contributed by atoms with van der Waals surface area (Å²) >= 11 is 3.96. The Kier molecular flexibility index (Phi) is 2.57. The fraction of sp³-hybridized carbons (Fsp3) is 0.286. The van der Waals surface area contributed by atoms with Gasteiger partial charge in [-0.25, -0.2) is 0 Å². The van der Waals surface area contributed by atoms with Crippen LogP contribution in [0.25, 0.3) is 0 Å². The molecule has 0 unspecified atom stereocenters. The van der Waals surface area contributed by atoms with Crippen LogP contribution in [0.5, 0.6) is 0 Å². The highest BCUT2D eigenvalue weighted by atomic mass is 32.1. The van der Waals surface area contributed by atoms with E-state index in [0.717, 1.165) is 0 Å². The summed E-state index contributed by atoms with van der Waals surface area (Å²) in [4.78, 5) is 11.0. The van der Waals surface area contributed by atoms with Gasteiger partial charge in [0.25, 0.3) is 0 Å². The second-order valence-corrected chi connectivity index (χ2v) is 2.40. The first-order valence-corrected chi connectivity index (χ1v) is 3.75. The molecule has 0 bridgehead atoms. The zero-order valence-electron chi connectivity index (χ0n) is 5.53. The maximum Gasteiger partial charge on any atom is 0.231 e. The van der Waals surface area contributed by atoms with Crippen molar-refractivity contribution in [2.75, 3.05) is 5.75 Å². The van der Waals surface area contributed by atoms with Gasteiger partial charge >= 0.3 is 0 Å². The van der Waals surface area contributed by atoms with Gasteiger partial charge in [0.05, 0.1) is 0 Å². The Labute approximate surface area is 65.3 Å². The lowest BCUT2D eigenvalue weighted by atomic mass is 10.4. The molecule has 10 heavy (non-hydrogen) atoms. The van der Waals surface area contributed by atoms with Crippen LogP contribution in [-0.4, -0.2) is 16.2 Å². The van der Waals surface area contributed by atoms with E-state index in [1.54, 1.807) is 17.0 Å². The number of hydrogen-bond donors (Lipinski definition) is 1. The molecule has 3 heteroatoms. The van der Waals surface area contributed by atoms with Crippen molar-refractivity contribution in [1.82, 2.24) is 4.57 Å². The molecule has 0 aliphatic carbocycles. The summed E-state index contributed by atoms with van der Waals surface area (Å²) in [5, 5.41) is 0. The van der Waals surface area contributed by atoms with Crippen molar-refractivity contribution in [2.45, 2.75) is 6.42 Å². The van der Waals surface area contributed by atoms with Gasteiger partial charge in [-0.05, 0) is 17.9 Å². The van der Waals surface area contributed by atoms with Crippen LogP contribution < -0.4 is 0 Å². The predicted octanol–water partition coefficient (Wildman–Crippen LogP) is 1.45. The van der Waals surface area contributed by atoms with E-state index in [4.69, 9.17) is 0 Å².